The largest absolute Gasteiger partial charge is 0.490 e. The van der Waals surface area contributed by atoms with Gasteiger partial charge < -0.3 is 15.4 Å². The van der Waals surface area contributed by atoms with E-state index in [9.17, 15) is 9.59 Å². The number of hydrogen-bond acceptors (Lipinski definition) is 5. The molecule has 1 saturated heterocycles. The van der Waals surface area contributed by atoms with Crippen molar-refractivity contribution < 1.29 is 14.3 Å². The van der Waals surface area contributed by atoms with E-state index in [1.54, 1.807) is 36.4 Å². The Morgan fingerprint density at radius 1 is 1.21 bits per heavy atom. The second kappa shape index (κ2) is 9.05. The molecular weight excluding hydrogens is 374 g/mol. The second-order valence-corrected chi connectivity index (χ2v) is 6.91. The van der Waals surface area contributed by atoms with Gasteiger partial charge >= 0.3 is 0 Å². The van der Waals surface area contributed by atoms with Gasteiger partial charge in [-0.05, 0) is 59.8 Å². The summed E-state index contributed by atoms with van der Waals surface area (Å²) >= 11 is 1.28. The van der Waals surface area contributed by atoms with Gasteiger partial charge in [-0.3, -0.25) is 9.59 Å². The minimum Gasteiger partial charge on any atom is -0.490 e. The van der Waals surface area contributed by atoms with Gasteiger partial charge in [-0.25, -0.2) is 4.99 Å². The van der Waals surface area contributed by atoms with Crippen molar-refractivity contribution in [3.63, 3.8) is 0 Å². The van der Waals surface area contributed by atoms with Gasteiger partial charge in [0.05, 0.1) is 10.6 Å². The molecule has 3 rings (SSSR count). The van der Waals surface area contributed by atoms with E-state index in [2.05, 4.69) is 22.2 Å². The number of aliphatic imine (C=N–C) groups is 1. The lowest BCUT2D eigenvalue weighted by Gasteiger charge is -2.03. The van der Waals surface area contributed by atoms with Crippen molar-refractivity contribution in [3.05, 3.63) is 71.7 Å². The van der Waals surface area contributed by atoms with Crippen LogP contribution < -0.4 is 15.4 Å². The van der Waals surface area contributed by atoms with Gasteiger partial charge in [0, 0.05) is 12.6 Å². The van der Waals surface area contributed by atoms with Gasteiger partial charge in [0.25, 0.3) is 5.91 Å². The summed E-state index contributed by atoms with van der Waals surface area (Å²) < 4.78 is 5.45. The van der Waals surface area contributed by atoms with Crippen molar-refractivity contribution in [3.8, 4) is 5.75 Å². The number of thioether (sulfide) groups is 1. The minimum atomic E-state index is -0.189. The Balaban J connectivity index is 1.68. The number of ether oxygens (including phenoxy) is 1. The van der Waals surface area contributed by atoms with Gasteiger partial charge in [0.1, 0.15) is 12.4 Å². The molecule has 0 unspecified atom stereocenters. The fourth-order valence-corrected chi connectivity index (χ4v) is 3.23. The Bertz CT molecular complexity index is 948. The van der Waals surface area contributed by atoms with Crippen molar-refractivity contribution >= 4 is 46.2 Å². The molecule has 6 nitrogen and oxygen atoms in total. The van der Waals surface area contributed by atoms with Crippen LogP contribution >= 0.6 is 11.8 Å². The lowest BCUT2D eigenvalue weighted by molar-refractivity contribution is -0.115. The summed E-state index contributed by atoms with van der Waals surface area (Å²) in [5.74, 6) is 0.425. The topological polar surface area (TPSA) is 79.8 Å². The first-order valence-electron chi connectivity index (χ1n) is 8.54. The first kappa shape index (κ1) is 19.4. The Morgan fingerprint density at radius 2 is 1.93 bits per heavy atom. The van der Waals surface area contributed by atoms with Crippen LogP contribution in [-0.2, 0) is 9.59 Å². The summed E-state index contributed by atoms with van der Waals surface area (Å²) in [5.41, 5.74) is 2.27. The maximum atomic E-state index is 12.2. The van der Waals surface area contributed by atoms with Crippen LogP contribution in [-0.4, -0.2) is 23.6 Å². The quantitative estimate of drug-likeness (QED) is 0.572. The van der Waals surface area contributed by atoms with Crippen molar-refractivity contribution in [1.82, 2.24) is 5.32 Å². The number of amides is 2. The Morgan fingerprint density at radius 3 is 2.57 bits per heavy atom. The minimum absolute atomic E-state index is 0.132. The zero-order valence-corrected chi connectivity index (χ0v) is 16.1. The molecule has 0 atom stereocenters. The average molecular weight is 393 g/mol. The summed E-state index contributed by atoms with van der Waals surface area (Å²) in [6.45, 7) is 5.51. The zero-order valence-electron chi connectivity index (χ0n) is 15.3. The number of rotatable bonds is 6. The standard InChI is InChI=1S/C21H19N3O3S/c1-3-12-27-18-10-4-15(5-11-18)13-19-20(26)24-21(28-19)23-17-8-6-16(7-9-17)22-14(2)25/h3-11,13H,1,12H2,2H3,(H,22,25)(H,23,24,26). The predicted octanol–water partition coefficient (Wildman–Crippen LogP) is 4.10. The smallest absolute Gasteiger partial charge is 0.264 e. The molecular formula is C21H19N3O3S. The summed E-state index contributed by atoms with van der Waals surface area (Å²) in [6.07, 6.45) is 3.49. The summed E-state index contributed by atoms with van der Waals surface area (Å²) in [5, 5.41) is 5.96. The lowest BCUT2D eigenvalue weighted by atomic mass is 10.2. The first-order chi connectivity index (χ1) is 13.5. The number of nitrogens with one attached hydrogen (secondary N) is 2. The van der Waals surface area contributed by atoms with Crippen LogP contribution in [0.2, 0.25) is 0 Å². The van der Waals surface area contributed by atoms with Gasteiger partial charge in [0.2, 0.25) is 5.91 Å². The summed E-state index contributed by atoms with van der Waals surface area (Å²) in [4.78, 5) is 28.3. The van der Waals surface area contributed by atoms with E-state index >= 15 is 0 Å². The Kier molecular flexibility index (Phi) is 6.29. The highest BCUT2D eigenvalue weighted by molar-refractivity contribution is 8.18. The molecule has 0 aliphatic carbocycles. The Labute approximate surface area is 167 Å². The molecule has 0 saturated carbocycles. The van der Waals surface area contributed by atoms with E-state index in [-0.39, 0.29) is 11.8 Å². The van der Waals surface area contributed by atoms with E-state index in [0.717, 1.165) is 11.3 Å². The van der Waals surface area contributed by atoms with E-state index in [1.807, 2.05) is 24.3 Å². The first-order valence-corrected chi connectivity index (χ1v) is 9.36. The van der Waals surface area contributed by atoms with E-state index in [1.165, 1.54) is 18.7 Å². The third-order valence-corrected chi connectivity index (χ3v) is 4.52. The van der Waals surface area contributed by atoms with E-state index < -0.39 is 0 Å². The molecule has 142 valence electrons. The number of nitrogens with zero attached hydrogens (tertiary/aromatic N) is 1. The van der Waals surface area contributed by atoms with Crippen LogP contribution in [0.25, 0.3) is 6.08 Å². The Hall–Kier alpha value is -3.32. The number of carbonyl (C=O) groups excluding carboxylic acids is 2. The van der Waals surface area contributed by atoms with Crippen molar-refractivity contribution in [2.75, 3.05) is 11.9 Å². The van der Waals surface area contributed by atoms with Crippen molar-refractivity contribution in [1.29, 1.82) is 0 Å². The molecule has 1 heterocycles. The van der Waals surface area contributed by atoms with Crippen LogP contribution in [0.15, 0.2) is 71.1 Å². The summed E-state index contributed by atoms with van der Waals surface area (Å²) in [7, 11) is 0. The highest BCUT2D eigenvalue weighted by Gasteiger charge is 2.23. The molecule has 0 spiro atoms. The molecule has 2 N–H and O–H groups in total. The average Bonchev–Trinajstić information content (AvgIpc) is 3.01. The molecule has 2 aromatic carbocycles. The number of hydrogen-bond donors (Lipinski definition) is 2. The van der Waals surface area contributed by atoms with Crippen molar-refractivity contribution in [2.24, 2.45) is 4.99 Å². The molecule has 1 aliphatic rings. The molecule has 0 radical (unpaired) electrons. The fourth-order valence-electron chi connectivity index (χ4n) is 2.39. The third kappa shape index (κ3) is 5.34. The number of anilines is 1. The third-order valence-electron chi connectivity index (χ3n) is 3.61. The van der Waals surface area contributed by atoms with Crippen molar-refractivity contribution in [2.45, 2.75) is 6.92 Å². The van der Waals surface area contributed by atoms with Crippen LogP contribution in [0.3, 0.4) is 0 Å². The number of amidine groups is 1. The zero-order chi connectivity index (χ0) is 19.9. The number of carbonyl (C=O) groups is 2. The summed E-state index contributed by atoms with van der Waals surface area (Å²) in [6, 6.07) is 14.5. The molecule has 28 heavy (non-hydrogen) atoms. The molecule has 1 aliphatic heterocycles. The molecule has 2 amide bonds. The molecule has 0 aromatic heterocycles. The monoisotopic (exact) mass is 393 g/mol. The van der Waals surface area contributed by atoms with Gasteiger partial charge in [-0.1, -0.05) is 24.8 Å². The maximum absolute atomic E-state index is 12.2. The van der Waals surface area contributed by atoms with Crippen LogP contribution in [0, 0.1) is 0 Å². The highest BCUT2D eigenvalue weighted by Crippen LogP contribution is 2.28. The normalized spacial score (nSPS) is 16.1. The van der Waals surface area contributed by atoms with Gasteiger partial charge in [-0.15, -0.1) is 0 Å². The molecule has 0 bridgehead atoms. The molecule has 2 aromatic rings. The number of benzene rings is 2. The second-order valence-electron chi connectivity index (χ2n) is 5.88. The van der Waals surface area contributed by atoms with Gasteiger partial charge in [-0.2, -0.15) is 0 Å². The molecule has 1 fully saturated rings. The van der Waals surface area contributed by atoms with Crippen LogP contribution in [0.5, 0.6) is 5.75 Å². The van der Waals surface area contributed by atoms with Gasteiger partial charge in [0.15, 0.2) is 5.17 Å². The predicted molar refractivity (Wildman–Crippen MR) is 114 cm³/mol. The van der Waals surface area contributed by atoms with Crippen LogP contribution in [0.1, 0.15) is 12.5 Å². The fraction of sp³-hybridized carbons (Fsp3) is 0.0952. The maximum Gasteiger partial charge on any atom is 0.264 e. The van der Waals surface area contributed by atoms with Crippen LogP contribution in [0.4, 0.5) is 11.4 Å². The SMILES string of the molecule is C=CCOc1ccc(C=C2SC(=Nc3ccc(NC(C)=O)cc3)NC2=O)cc1. The highest BCUT2D eigenvalue weighted by atomic mass is 32.2. The lowest BCUT2D eigenvalue weighted by Crippen LogP contribution is -2.19. The molecule has 7 heteroatoms. The van der Waals surface area contributed by atoms with E-state index in [4.69, 9.17) is 4.74 Å². The van der Waals surface area contributed by atoms with E-state index in [0.29, 0.717) is 28.1 Å².